The minimum absolute atomic E-state index is 0.463. The van der Waals surface area contributed by atoms with Gasteiger partial charge in [0.1, 0.15) is 5.52 Å². The van der Waals surface area contributed by atoms with Gasteiger partial charge in [-0.05, 0) is 42.8 Å². The van der Waals surface area contributed by atoms with Crippen molar-refractivity contribution in [3.63, 3.8) is 0 Å². The van der Waals surface area contributed by atoms with Gasteiger partial charge in [0.05, 0.1) is 5.69 Å². The molecule has 0 N–H and O–H groups in total. The van der Waals surface area contributed by atoms with Crippen LogP contribution in [0.4, 0.5) is 5.69 Å². The maximum atomic E-state index is 10.4. The number of isocyanates is 1. The molecule has 4 nitrogen and oxygen atoms in total. The molecule has 3 rings (SSSR count). The number of halogens is 1. The molecular weight excluding hydrogens is 276 g/mol. The molecule has 0 saturated carbocycles. The third-order valence-electron chi connectivity index (χ3n) is 2.97. The lowest BCUT2D eigenvalue weighted by Gasteiger charge is -2.00. The number of nitrogens with zero attached hydrogens (tertiary/aromatic N) is 2. The molecule has 3 aromatic rings. The Morgan fingerprint density at radius 2 is 2.10 bits per heavy atom. The van der Waals surface area contributed by atoms with Gasteiger partial charge >= 0.3 is 0 Å². The highest BCUT2D eigenvalue weighted by Gasteiger charge is 2.10. The lowest BCUT2D eigenvalue weighted by Crippen LogP contribution is -1.80. The second kappa shape index (κ2) is 4.93. The molecule has 0 spiro atoms. The molecular formula is C15H9ClN2O2. The zero-order valence-electron chi connectivity index (χ0n) is 10.6. The Morgan fingerprint density at radius 3 is 2.90 bits per heavy atom. The SMILES string of the molecule is Cc1ccc(-c2nc3cc(Cl)ccc3o2)cc1N=C=O. The third-order valence-corrected chi connectivity index (χ3v) is 3.21. The van der Waals surface area contributed by atoms with Crippen LogP contribution >= 0.6 is 11.6 Å². The highest BCUT2D eigenvalue weighted by Crippen LogP contribution is 2.29. The number of oxazole rings is 1. The van der Waals surface area contributed by atoms with E-state index in [4.69, 9.17) is 16.0 Å². The van der Waals surface area contributed by atoms with Gasteiger partial charge < -0.3 is 4.42 Å². The van der Waals surface area contributed by atoms with E-state index < -0.39 is 0 Å². The number of carbonyl (C=O) groups excluding carboxylic acids is 1. The van der Waals surface area contributed by atoms with E-state index in [1.54, 1.807) is 30.3 Å². The van der Waals surface area contributed by atoms with Gasteiger partial charge in [0, 0.05) is 10.6 Å². The molecule has 1 heterocycles. The molecule has 1 aromatic heterocycles. The van der Waals surface area contributed by atoms with Crippen molar-refractivity contribution in [3.8, 4) is 11.5 Å². The molecule has 0 atom stereocenters. The van der Waals surface area contributed by atoms with Crippen LogP contribution < -0.4 is 0 Å². The maximum Gasteiger partial charge on any atom is 0.240 e. The van der Waals surface area contributed by atoms with Crippen LogP contribution in [0.15, 0.2) is 45.8 Å². The quantitative estimate of drug-likeness (QED) is 0.517. The summed E-state index contributed by atoms with van der Waals surface area (Å²) >= 11 is 5.92. The number of hydrogen-bond donors (Lipinski definition) is 0. The Balaban J connectivity index is 2.15. The van der Waals surface area contributed by atoms with Crippen molar-refractivity contribution in [2.45, 2.75) is 6.92 Å². The maximum absolute atomic E-state index is 10.4. The highest BCUT2D eigenvalue weighted by atomic mass is 35.5. The number of rotatable bonds is 2. The lowest BCUT2D eigenvalue weighted by molar-refractivity contribution is 0.565. The van der Waals surface area contributed by atoms with Crippen molar-refractivity contribution in [1.29, 1.82) is 0 Å². The first kappa shape index (κ1) is 12.6. The van der Waals surface area contributed by atoms with Gasteiger partial charge in [-0.3, -0.25) is 0 Å². The number of fused-ring (bicyclic) bond motifs is 1. The fourth-order valence-corrected chi connectivity index (χ4v) is 2.10. The molecule has 20 heavy (non-hydrogen) atoms. The normalized spacial score (nSPS) is 10.5. The summed E-state index contributed by atoms with van der Waals surface area (Å²) in [5.41, 5.74) is 3.53. The van der Waals surface area contributed by atoms with Gasteiger partial charge in [0.15, 0.2) is 5.58 Å². The molecule has 0 aliphatic heterocycles. The second-order valence-corrected chi connectivity index (χ2v) is 4.77. The summed E-state index contributed by atoms with van der Waals surface area (Å²) < 4.78 is 5.67. The fourth-order valence-electron chi connectivity index (χ4n) is 1.94. The summed E-state index contributed by atoms with van der Waals surface area (Å²) in [6, 6.07) is 10.7. The topological polar surface area (TPSA) is 55.5 Å². The average Bonchev–Trinajstić information content (AvgIpc) is 2.84. The monoisotopic (exact) mass is 284 g/mol. The van der Waals surface area contributed by atoms with Gasteiger partial charge in [0.2, 0.25) is 12.0 Å². The number of benzene rings is 2. The Hall–Kier alpha value is -2.42. The minimum atomic E-state index is 0.463. The van der Waals surface area contributed by atoms with E-state index >= 15 is 0 Å². The van der Waals surface area contributed by atoms with Crippen molar-refractivity contribution >= 4 is 34.5 Å². The van der Waals surface area contributed by atoms with Crippen LogP contribution in [-0.4, -0.2) is 11.1 Å². The van der Waals surface area contributed by atoms with Crippen molar-refractivity contribution in [3.05, 3.63) is 47.0 Å². The Kier molecular flexibility index (Phi) is 3.11. The first-order chi connectivity index (χ1) is 9.67. The van der Waals surface area contributed by atoms with E-state index in [0.29, 0.717) is 27.7 Å². The van der Waals surface area contributed by atoms with Gasteiger partial charge in [0.25, 0.3) is 0 Å². The molecule has 0 bridgehead atoms. The predicted molar refractivity (Wildman–Crippen MR) is 77.0 cm³/mol. The average molecular weight is 285 g/mol. The minimum Gasteiger partial charge on any atom is -0.436 e. The van der Waals surface area contributed by atoms with Crippen LogP contribution in [0.3, 0.4) is 0 Å². The number of aromatic nitrogens is 1. The second-order valence-electron chi connectivity index (χ2n) is 4.34. The van der Waals surface area contributed by atoms with Crippen LogP contribution in [0.1, 0.15) is 5.56 Å². The summed E-state index contributed by atoms with van der Waals surface area (Å²) in [6.07, 6.45) is 1.54. The van der Waals surface area contributed by atoms with E-state index in [1.165, 1.54) is 0 Å². The van der Waals surface area contributed by atoms with Crippen LogP contribution in [0.25, 0.3) is 22.6 Å². The number of hydrogen-bond acceptors (Lipinski definition) is 4. The van der Waals surface area contributed by atoms with Crippen LogP contribution in [0.2, 0.25) is 5.02 Å². The van der Waals surface area contributed by atoms with E-state index in [2.05, 4.69) is 9.98 Å². The lowest BCUT2D eigenvalue weighted by atomic mass is 10.1. The first-order valence-corrected chi connectivity index (χ1v) is 6.30. The summed E-state index contributed by atoms with van der Waals surface area (Å²) in [5.74, 6) is 0.463. The number of aliphatic imine (C=N–C) groups is 1. The Bertz CT molecular complexity index is 848. The molecule has 0 aliphatic rings. The molecule has 0 amide bonds. The van der Waals surface area contributed by atoms with E-state index in [1.807, 2.05) is 19.1 Å². The molecule has 0 fully saturated rings. The van der Waals surface area contributed by atoms with Crippen LogP contribution in [0, 0.1) is 6.92 Å². The summed E-state index contributed by atoms with van der Waals surface area (Å²) in [6.45, 7) is 1.87. The Morgan fingerprint density at radius 1 is 1.25 bits per heavy atom. The molecule has 5 heteroatoms. The predicted octanol–water partition coefficient (Wildman–Crippen LogP) is 4.42. The van der Waals surface area contributed by atoms with Crippen molar-refractivity contribution in [1.82, 2.24) is 4.98 Å². The molecule has 0 radical (unpaired) electrons. The smallest absolute Gasteiger partial charge is 0.240 e. The fraction of sp³-hybridized carbons (Fsp3) is 0.0667. The van der Waals surface area contributed by atoms with Gasteiger partial charge in [-0.1, -0.05) is 17.7 Å². The Labute approximate surface area is 119 Å². The summed E-state index contributed by atoms with van der Waals surface area (Å²) in [5, 5.41) is 0.604. The van der Waals surface area contributed by atoms with E-state index in [9.17, 15) is 4.79 Å². The molecule has 98 valence electrons. The zero-order chi connectivity index (χ0) is 14.1. The summed E-state index contributed by atoms with van der Waals surface area (Å²) in [7, 11) is 0. The van der Waals surface area contributed by atoms with Crippen molar-refractivity contribution in [2.24, 2.45) is 4.99 Å². The molecule has 0 aliphatic carbocycles. The standard InChI is InChI=1S/C15H9ClN2O2/c1-9-2-3-10(6-12(9)17-8-19)15-18-13-7-11(16)4-5-14(13)20-15/h2-7H,1H3. The third kappa shape index (κ3) is 2.23. The highest BCUT2D eigenvalue weighted by molar-refractivity contribution is 6.31. The summed E-state index contributed by atoms with van der Waals surface area (Å²) in [4.78, 5) is 18.5. The largest absolute Gasteiger partial charge is 0.436 e. The van der Waals surface area contributed by atoms with Crippen molar-refractivity contribution < 1.29 is 9.21 Å². The first-order valence-electron chi connectivity index (χ1n) is 5.92. The van der Waals surface area contributed by atoms with Gasteiger partial charge in [-0.25, -0.2) is 9.78 Å². The van der Waals surface area contributed by atoms with E-state index in [-0.39, 0.29) is 0 Å². The van der Waals surface area contributed by atoms with E-state index in [0.717, 1.165) is 11.1 Å². The zero-order valence-corrected chi connectivity index (χ0v) is 11.3. The number of aryl methyl sites for hydroxylation is 1. The molecule has 2 aromatic carbocycles. The van der Waals surface area contributed by atoms with Crippen LogP contribution in [0.5, 0.6) is 0 Å². The van der Waals surface area contributed by atoms with Crippen molar-refractivity contribution in [2.75, 3.05) is 0 Å². The van der Waals surface area contributed by atoms with Gasteiger partial charge in [-0.2, -0.15) is 4.99 Å². The van der Waals surface area contributed by atoms with Crippen LogP contribution in [-0.2, 0) is 4.79 Å². The van der Waals surface area contributed by atoms with Gasteiger partial charge in [-0.15, -0.1) is 0 Å². The molecule has 0 unspecified atom stereocenters. The molecule has 0 saturated heterocycles.